The van der Waals surface area contributed by atoms with E-state index in [-0.39, 0.29) is 34.3 Å². The van der Waals surface area contributed by atoms with Crippen molar-refractivity contribution in [1.82, 2.24) is 16.0 Å². The zero-order chi connectivity index (χ0) is 23.6. The first kappa shape index (κ1) is 23.8. The molecule has 0 saturated carbocycles. The molecule has 170 valence electrons. The molecule has 3 amide bonds. The molecule has 32 heavy (non-hydrogen) atoms. The number of amides is 3. The molecule has 1 atom stereocenters. The predicted octanol–water partition coefficient (Wildman–Crippen LogP) is 5.66. The maximum Gasteiger partial charge on any atom is 0.319 e. The van der Waals surface area contributed by atoms with Gasteiger partial charge in [-0.2, -0.15) is 0 Å². The van der Waals surface area contributed by atoms with Crippen LogP contribution >= 0.6 is 11.6 Å². The third kappa shape index (κ3) is 5.30. The molecule has 0 spiro atoms. The van der Waals surface area contributed by atoms with E-state index in [1.54, 1.807) is 32.9 Å². The van der Waals surface area contributed by atoms with Gasteiger partial charge in [0.1, 0.15) is 5.82 Å². The van der Waals surface area contributed by atoms with Crippen LogP contribution < -0.4 is 16.0 Å². The van der Waals surface area contributed by atoms with Gasteiger partial charge in [0.15, 0.2) is 0 Å². The maximum absolute atomic E-state index is 15.4. The van der Waals surface area contributed by atoms with E-state index in [0.29, 0.717) is 5.92 Å². The molecule has 3 rings (SSSR count). The number of urea groups is 1. The summed E-state index contributed by atoms with van der Waals surface area (Å²) in [5.74, 6) is -0.367. The molecule has 7 heteroatoms. The van der Waals surface area contributed by atoms with Gasteiger partial charge in [-0.25, -0.2) is 9.18 Å². The van der Waals surface area contributed by atoms with Crippen molar-refractivity contribution in [3.8, 4) is 0 Å². The highest BCUT2D eigenvalue weighted by atomic mass is 35.5. The van der Waals surface area contributed by atoms with E-state index in [1.807, 2.05) is 24.3 Å². The van der Waals surface area contributed by atoms with E-state index in [1.165, 1.54) is 11.6 Å². The molecule has 0 fully saturated rings. The minimum Gasteiger partial charge on any atom is -0.351 e. The molecular formula is C25H29ClFN3O2. The van der Waals surface area contributed by atoms with Crippen molar-refractivity contribution in [3.05, 3.63) is 75.6 Å². The van der Waals surface area contributed by atoms with Gasteiger partial charge in [0.05, 0.1) is 22.3 Å². The topological polar surface area (TPSA) is 70.2 Å². The second kappa shape index (κ2) is 9.33. The van der Waals surface area contributed by atoms with E-state index in [4.69, 9.17) is 11.6 Å². The van der Waals surface area contributed by atoms with Gasteiger partial charge < -0.3 is 16.0 Å². The second-order valence-corrected chi connectivity index (χ2v) is 9.71. The van der Waals surface area contributed by atoms with Crippen LogP contribution in [0.4, 0.5) is 9.18 Å². The maximum atomic E-state index is 15.4. The molecule has 1 unspecified atom stereocenters. The number of hydrogen-bond donors (Lipinski definition) is 3. The third-order valence-electron chi connectivity index (χ3n) is 5.39. The van der Waals surface area contributed by atoms with Crippen LogP contribution in [0.1, 0.15) is 68.8 Å². The summed E-state index contributed by atoms with van der Waals surface area (Å²) in [6.45, 7) is 9.60. The molecule has 0 saturated heterocycles. The first-order valence-electron chi connectivity index (χ1n) is 10.6. The molecule has 5 nitrogen and oxygen atoms in total. The van der Waals surface area contributed by atoms with Crippen LogP contribution in [0.25, 0.3) is 5.70 Å². The van der Waals surface area contributed by atoms with Crippen molar-refractivity contribution >= 4 is 29.2 Å². The fourth-order valence-electron chi connectivity index (χ4n) is 3.38. The normalized spacial score (nSPS) is 16.3. The van der Waals surface area contributed by atoms with Crippen molar-refractivity contribution in [2.24, 2.45) is 5.41 Å². The summed E-state index contributed by atoms with van der Waals surface area (Å²) in [4.78, 5) is 24.5. The molecule has 1 aliphatic heterocycles. The van der Waals surface area contributed by atoms with E-state index >= 15 is 4.39 Å². The van der Waals surface area contributed by atoms with Crippen molar-refractivity contribution in [2.75, 3.05) is 0 Å². The minimum absolute atomic E-state index is 0.0195. The van der Waals surface area contributed by atoms with Crippen LogP contribution in [0, 0.1) is 11.2 Å². The molecule has 2 aromatic carbocycles. The highest BCUT2D eigenvalue weighted by molar-refractivity contribution is 6.32. The van der Waals surface area contributed by atoms with Gasteiger partial charge in [0.25, 0.3) is 0 Å². The quantitative estimate of drug-likeness (QED) is 0.542. The van der Waals surface area contributed by atoms with Gasteiger partial charge in [-0.1, -0.05) is 76.6 Å². The Balaban J connectivity index is 1.93. The summed E-state index contributed by atoms with van der Waals surface area (Å²) >= 11 is 6.33. The number of halogens is 2. The summed E-state index contributed by atoms with van der Waals surface area (Å²) < 4.78 is 15.4. The molecule has 0 aromatic heterocycles. The molecule has 0 radical (unpaired) electrons. The Kier molecular flexibility index (Phi) is 6.94. The Bertz CT molecular complexity index is 1060. The average molecular weight is 458 g/mol. The number of benzene rings is 2. The lowest BCUT2D eigenvalue weighted by Gasteiger charge is -2.25. The number of carbonyl (C=O) groups is 2. The smallest absolute Gasteiger partial charge is 0.319 e. The Hall–Kier alpha value is -2.86. The van der Waals surface area contributed by atoms with Gasteiger partial charge in [-0.3, -0.25) is 4.79 Å². The van der Waals surface area contributed by atoms with Crippen molar-refractivity contribution < 1.29 is 14.0 Å². The van der Waals surface area contributed by atoms with Crippen LogP contribution in [0.3, 0.4) is 0 Å². The summed E-state index contributed by atoms with van der Waals surface area (Å²) in [6.07, 6.45) is 1.74. The third-order valence-corrected chi connectivity index (χ3v) is 5.71. The van der Waals surface area contributed by atoms with Crippen LogP contribution in [0.15, 0.2) is 42.5 Å². The minimum atomic E-state index is -0.588. The number of hydrogen-bond acceptors (Lipinski definition) is 2. The van der Waals surface area contributed by atoms with Gasteiger partial charge >= 0.3 is 6.03 Å². The van der Waals surface area contributed by atoms with Crippen molar-refractivity contribution in [3.63, 3.8) is 0 Å². The Morgan fingerprint density at radius 2 is 1.81 bits per heavy atom. The first-order valence-corrected chi connectivity index (χ1v) is 11.0. The van der Waals surface area contributed by atoms with Gasteiger partial charge in [-0.05, 0) is 29.2 Å². The van der Waals surface area contributed by atoms with Crippen molar-refractivity contribution in [2.45, 2.75) is 53.1 Å². The standard InChI is InChI=1S/C25H29ClFN3O2/c1-14(2)15-6-8-16(9-7-15)19-12-20(30-24(32)29-19)21-18(26)11-10-17(22(21)27)13-28-23(31)25(3,4)5/h6-12,14,19H,13H2,1-5H3,(H,28,31)(H2,29,30,32). The summed E-state index contributed by atoms with van der Waals surface area (Å²) in [5, 5.41) is 8.42. The van der Waals surface area contributed by atoms with Gasteiger partial charge in [0, 0.05) is 17.5 Å². The highest BCUT2D eigenvalue weighted by Gasteiger charge is 2.26. The molecule has 3 N–H and O–H groups in total. The van der Waals surface area contributed by atoms with E-state index in [0.717, 1.165) is 5.56 Å². The monoisotopic (exact) mass is 457 g/mol. The average Bonchev–Trinajstić information content (AvgIpc) is 2.72. The van der Waals surface area contributed by atoms with Crippen LogP contribution in [0.2, 0.25) is 5.02 Å². The van der Waals surface area contributed by atoms with Gasteiger partial charge in [0.2, 0.25) is 5.91 Å². The Labute approximate surface area is 193 Å². The zero-order valence-corrected chi connectivity index (χ0v) is 19.7. The molecule has 0 bridgehead atoms. The molecule has 1 aliphatic rings. The first-order chi connectivity index (χ1) is 15.0. The second-order valence-electron chi connectivity index (χ2n) is 9.31. The molecular weight excluding hydrogens is 429 g/mol. The largest absolute Gasteiger partial charge is 0.351 e. The van der Waals surface area contributed by atoms with Crippen LogP contribution in [-0.2, 0) is 11.3 Å². The van der Waals surface area contributed by atoms with Gasteiger partial charge in [-0.15, -0.1) is 0 Å². The summed E-state index contributed by atoms with van der Waals surface area (Å²) in [6, 6.07) is 10.2. The lowest BCUT2D eigenvalue weighted by molar-refractivity contribution is -0.128. The lowest BCUT2D eigenvalue weighted by Crippen LogP contribution is -2.41. The highest BCUT2D eigenvalue weighted by Crippen LogP contribution is 2.32. The Morgan fingerprint density at radius 3 is 2.41 bits per heavy atom. The molecule has 2 aromatic rings. The predicted molar refractivity (Wildman–Crippen MR) is 126 cm³/mol. The SMILES string of the molecule is CC(C)c1ccc(C2C=C(c3c(Cl)ccc(CNC(=O)C(C)(C)C)c3F)NC(=O)N2)cc1. The van der Waals surface area contributed by atoms with Crippen molar-refractivity contribution in [1.29, 1.82) is 0 Å². The zero-order valence-electron chi connectivity index (χ0n) is 19.0. The lowest BCUT2D eigenvalue weighted by atomic mass is 9.95. The number of carbonyl (C=O) groups excluding carboxylic acids is 2. The number of nitrogens with one attached hydrogen (secondary N) is 3. The van der Waals surface area contributed by atoms with E-state index < -0.39 is 23.3 Å². The summed E-state index contributed by atoms with van der Waals surface area (Å²) in [7, 11) is 0. The molecule has 0 aliphatic carbocycles. The Morgan fingerprint density at radius 1 is 1.16 bits per heavy atom. The fourth-order valence-corrected chi connectivity index (χ4v) is 3.63. The number of rotatable bonds is 5. The van der Waals surface area contributed by atoms with E-state index in [9.17, 15) is 9.59 Å². The summed E-state index contributed by atoms with van der Waals surface area (Å²) in [5.41, 5.74) is 2.17. The van der Waals surface area contributed by atoms with Crippen LogP contribution in [0.5, 0.6) is 0 Å². The van der Waals surface area contributed by atoms with E-state index in [2.05, 4.69) is 29.8 Å². The van der Waals surface area contributed by atoms with Crippen LogP contribution in [-0.4, -0.2) is 11.9 Å². The molecule has 1 heterocycles. The fraction of sp³-hybridized carbons (Fsp3) is 0.360.